The molecule has 1 aliphatic heterocycles. The van der Waals surface area contributed by atoms with Gasteiger partial charge in [0.1, 0.15) is 5.69 Å². The molecule has 1 amide bonds. The highest BCUT2D eigenvalue weighted by atomic mass is 16.3. The third-order valence-corrected chi connectivity index (χ3v) is 3.36. The average molecular weight is 265 g/mol. The number of nitrogens with one attached hydrogen (secondary N) is 1. The maximum atomic E-state index is 10.6. The fourth-order valence-corrected chi connectivity index (χ4v) is 2.50. The molecule has 1 saturated heterocycles. The van der Waals surface area contributed by atoms with Crippen LogP contribution in [0.5, 0.6) is 0 Å². The lowest BCUT2D eigenvalue weighted by Gasteiger charge is -2.37. The molecule has 1 aromatic heterocycles. The van der Waals surface area contributed by atoms with Crippen molar-refractivity contribution in [1.82, 2.24) is 9.97 Å². The highest BCUT2D eigenvalue weighted by Crippen LogP contribution is 2.30. The zero-order valence-electron chi connectivity index (χ0n) is 10.7. The number of piperidine rings is 1. The van der Waals surface area contributed by atoms with E-state index < -0.39 is 0 Å². The number of nitrogen functional groups attached to an aromatic ring is 1. The van der Waals surface area contributed by atoms with Crippen molar-refractivity contribution in [2.45, 2.75) is 31.7 Å². The highest BCUT2D eigenvalue weighted by molar-refractivity contribution is 5.79. The highest BCUT2D eigenvalue weighted by Gasteiger charge is 2.25. The van der Waals surface area contributed by atoms with E-state index in [-0.39, 0.29) is 18.6 Å². The molecular formula is C12H19N5O2. The van der Waals surface area contributed by atoms with E-state index in [1.165, 1.54) is 6.20 Å². The van der Waals surface area contributed by atoms with Crippen LogP contribution in [0.2, 0.25) is 0 Å². The Morgan fingerprint density at radius 1 is 1.58 bits per heavy atom. The molecular weight excluding hydrogens is 246 g/mol. The second kappa shape index (κ2) is 6.33. The molecule has 0 saturated carbocycles. The number of aromatic nitrogens is 2. The molecule has 2 rings (SSSR count). The topological polar surface area (TPSA) is 104 Å². The first-order valence-corrected chi connectivity index (χ1v) is 6.46. The average Bonchev–Trinajstić information content (AvgIpc) is 2.42. The first-order chi connectivity index (χ1) is 9.26. The smallest absolute Gasteiger partial charge is 0.222 e. The fraction of sp³-hybridized carbons (Fsp3) is 0.583. The van der Waals surface area contributed by atoms with Gasteiger partial charge in [-0.05, 0) is 25.7 Å². The van der Waals surface area contributed by atoms with Crippen molar-refractivity contribution in [3.63, 3.8) is 0 Å². The number of aliphatic hydroxyl groups excluding tert-OH is 1. The molecule has 0 radical (unpaired) electrons. The predicted molar refractivity (Wildman–Crippen MR) is 72.8 cm³/mol. The summed E-state index contributed by atoms with van der Waals surface area (Å²) in [5.41, 5.74) is 6.19. The molecule has 7 nitrogen and oxygen atoms in total. The lowest BCUT2D eigenvalue weighted by atomic mass is 9.99. The zero-order chi connectivity index (χ0) is 13.7. The van der Waals surface area contributed by atoms with Crippen LogP contribution in [-0.2, 0) is 4.79 Å². The Hall–Kier alpha value is -1.89. The summed E-state index contributed by atoms with van der Waals surface area (Å²) in [7, 11) is 0. The summed E-state index contributed by atoms with van der Waals surface area (Å²) in [6.07, 6.45) is 6.00. The number of rotatable bonds is 5. The molecule has 1 aliphatic rings. The van der Waals surface area contributed by atoms with Gasteiger partial charge in [-0.2, -0.15) is 4.98 Å². The van der Waals surface area contributed by atoms with Gasteiger partial charge >= 0.3 is 0 Å². The van der Waals surface area contributed by atoms with Crippen molar-refractivity contribution in [3.05, 3.63) is 6.20 Å². The molecule has 1 unspecified atom stereocenters. The summed E-state index contributed by atoms with van der Waals surface area (Å²) in [6, 6.07) is 0.222. The molecule has 0 aliphatic carbocycles. The van der Waals surface area contributed by atoms with Crippen LogP contribution in [0.3, 0.4) is 0 Å². The molecule has 2 heterocycles. The number of nitrogens with zero attached hydrogens (tertiary/aromatic N) is 3. The number of aliphatic hydroxyl groups is 1. The maximum absolute atomic E-state index is 10.6. The Kier molecular flexibility index (Phi) is 4.51. The number of amides is 1. The second-order valence-corrected chi connectivity index (χ2v) is 4.58. The number of anilines is 3. The lowest BCUT2D eigenvalue weighted by molar-refractivity contribution is -0.105. The van der Waals surface area contributed by atoms with Gasteiger partial charge in [-0.25, -0.2) is 4.98 Å². The minimum atomic E-state index is 0.137. The molecule has 104 valence electrons. The zero-order valence-corrected chi connectivity index (χ0v) is 10.7. The normalized spacial score (nSPS) is 19.2. The summed E-state index contributed by atoms with van der Waals surface area (Å²) >= 11 is 0. The first-order valence-electron chi connectivity index (χ1n) is 6.46. The van der Waals surface area contributed by atoms with Gasteiger partial charge in [0.2, 0.25) is 12.4 Å². The molecule has 0 spiro atoms. The summed E-state index contributed by atoms with van der Waals surface area (Å²) in [5.74, 6) is 0.817. The minimum Gasteiger partial charge on any atom is -0.396 e. The van der Waals surface area contributed by atoms with Gasteiger partial charge in [0.15, 0.2) is 5.82 Å². The van der Waals surface area contributed by atoms with Gasteiger partial charge in [0, 0.05) is 19.2 Å². The predicted octanol–water partition coefficient (Wildman–Crippen LogP) is 0.368. The van der Waals surface area contributed by atoms with Crippen molar-refractivity contribution in [3.8, 4) is 0 Å². The van der Waals surface area contributed by atoms with E-state index in [0.29, 0.717) is 24.3 Å². The SMILES string of the molecule is Nc1ncc(NC=O)c(N2CCCCC2CCO)n1. The number of carbonyl (C=O) groups is 1. The van der Waals surface area contributed by atoms with E-state index in [9.17, 15) is 4.79 Å². The van der Waals surface area contributed by atoms with Crippen molar-refractivity contribution in [2.24, 2.45) is 0 Å². The van der Waals surface area contributed by atoms with Crippen LogP contribution in [0.25, 0.3) is 0 Å². The monoisotopic (exact) mass is 265 g/mol. The third-order valence-electron chi connectivity index (χ3n) is 3.36. The van der Waals surface area contributed by atoms with Crippen LogP contribution in [0, 0.1) is 0 Å². The lowest BCUT2D eigenvalue weighted by Crippen LogP contribution is -2.41. The van der Waals surface area contributed by atoms with Crippen molar-refractivity contribution in [2.75, 3.05) is 29.1 Å². The number of nitrogens with two attached hydrogens (primary N) is 1. The molecule has 1 atom stereocenters. The molecule has 1 aromatic rings. The van der Waals surface area contributed by atoms with Crippen LogP contribution < -0.4 is 16.0 Å². The second-order valence-electron chi connectivity index (χ2n) is 4.58. The summed E-state index contributed by atoms with van der Waals surface area (Å²) in [4.78, 5) is 20.9. The largest absolute Gasteiger partial charge is 0.396 e. The molecule has 0 bridgehead atoms. The van der Waals surface area contributed by atoms with Gasteiger partial charge in [-0.15, -0.1) is 0 Å². The third kappa shape index (κ3) is 3.11. The number of carbonyl (C=O) groups excluding carboxylic acids is 1. The van der Waals surface area contributed by atoms with Crippen molar-refractivity contribution >= 4 is 23.9 Å². The Labute approximate surface area is 111 Å². The van der Waals surface area contributed by atoms with Crippen LogP contribution in [-0.4, -0.2) is 40.7 Å². The van der Waals surface area contributed by atoms with Crippen molar-refractivity contribution < 1.29 is 9.90 Å². The Morgan fingerprint density at radius 3 is 3.16 bits per heavy atom. The molecule has 0 aromatic carbocycles. The molecule has 7 heteroatoms. The maximum Gasteiger partial charge on any atom is 0.222 e. The number of hydrogen-bond donors (Lipinski definition) is 3. The van der Waals surface area contributed by atoms with Gasteiger partial charge in [0.05, 0.1) is 6.20 Å². The summed E-state index contributed by atoms with van der Waals surface area (Å²) in [5, 5.41) is 11.8. The minimum absolute atomic E-state index is 0.137. The molecule has 4 N–H and O–H groups in total. The number of hydrogen-bond acceptors (Lipinski definition) is 6. The Balaban J connectivity index is 2.31. The molecule has 19 heavy (non-hydrogen) atoms. The van der Waals surface area contributed by atoms with E-state index in [0.717, 1.165) is 25.8 Å². The Morgan fingerprint density at radius 2 is 2.42 bits per heavy atom. The van der Waals surface area contributed by atoms with Gasteiger partial charge < -0.3 is 21.1 Å². The molecule has 1 fully saturated rings. The van der Waals surface area contributed by atoms with Crippen LogP contribution in [0.1, 0.15) is 25.7 Å². The van der Waals surface area contributed by atoms with Crippen molar-refractivity contribution in [1.29, 1.82) is 0 Å². The van der Waals surface area contributed by atoms with Crippen LogP contribution in [0.15, 0.2) is 6.20 Å². The standard InChI is InChI=1S/C12H19N5O2/c13-12-14-7-10(15-8-19)11(16-12)17-5-2-1-3-9(17)4-6-18/h7-9,18H,1-6H2,(H,15,19)(H2,13,14,16). The first kappa shape index (κ1) is 13.5. The quantitative estimate of drug-likeness (QED) is 0.664. The van der Waals surface area contributed by atoms with Gasteiger partial charge in [-0.3, -0.25) is 4.79 Å². The fourth-order valence-electron chi connectivity index (χ4n) is 2.50. The van der Waals surface area contributed by atoms with Gasteiger partial charge in [-0.1, -0.05) is 0 Å². The van der Waals surface area contributed by atoms with Crippen LogP contribution >= 0.6 is 0 Å². The van der Waals surface area contributed by atoms with Gasteiger partial charge in [0.25, 0.3) is 0 Å². The Bertz CT molecular complexity index is 438. The van der Waals surface area contributed by atoms with E-state index in [1.807, 2.05) is 0 Å². The van der Waals surface area contributed by atoms with E-state index in [1.54, 1.807) is 0 Å². The van der Waals surface area contributed by atoms with Crippen LogP contribution in [0.4, 0.5) is 17.5 Å². The van der Waals surface area contributed by atoms with E-state index >= 15 is 0 Å². The van der Waals surface area contributed by atoms with E-state index in [2.05, 4.69) is 20.2 Å². The van der Waals surface area contributed by atoms with E-state index in [4.69, 9.17) is 10.8 Å². The summed E-state index contributed by atoms with van der Waals surface area (Å²) < 4.78 is 0. The summed E-state index contributed by atoms with van der Waals surface area (Å²) in [6.45, 7) is 0.979.